The number of aromatic nitrogens is 4. The first-order valence-electron chi connectivity index (χ1n) is 16.6. The Bertz CT molecular complexity index is 1930. The van der Waals surface area contributed by atoms with Crippen molar-refractivity contribution in [1.82, 2.24) is 35.5 Å². The van der Waals surface area contributed by atoms with Crippen molar-refractivity contribution < 1.29 is 14.3 Å². The maximum atomic E-state index is 13.9. The van der Waals surface area contributed by atoms with Gasteiger partial charge < -0.3 is 30.2 Å². The first-order chi connectivity index (χ1) is 23.4. The summed E-state index contributed by atoms with van der Waals surface area (Å²) in [7, 11) is 1.29. The van der Waals surface area contributed by atoms with Gasteiger partial charge in [0.05, 0.1) is 43.0 Å². The van der Waals surface area contributed by atoms with E-state index in [0.29, 0.717) is 18.2 Å². The highest BCUT2D eigenvalue weighted by atomic mass is 16.5. The smallest absolute Gasteiger partial charge is 0.407 e. The summed E-state index contributed by atoms with van der Waals surface area (Å²) >= 11 is 0. The summed E-state index contributed by atoms with van der Waals surface area (Å²) in [5, 5.41) is 6.23. The van der Waals surface area contributed by atoms with Crippen LogP contribution in [-0.2, 0) is 9.53 Å². The van der Waals surface area contributed by atoms with Crippen LogP contribution >= 0.6 is 0 Å². The number of aryl methyl sites for hydroxylation is 2. The van der Waals surface area contributed by atoms with Gasteiger partial charge >= 0.3 is 6.09 Å². The number of hydrogen-bond acceptors (Lipinski definition) is 6. The molecule has 0 aliphatic carbocycles. The lowest BCUT2D eigenvalue weighted by atomic mass is 9.93. The number of carbonyl (C=O) groups excluding carboxylic acids is 2. The molecule has 3 atom stereocenters. The average Bonchev–Trinajstić information content (AvgIpc) is 3.94. The molecule has 0 bridgehead atoms. The lowest BCUT2D eigenvalue weighted by Gasteiger charge is -2.28. The quantitative estimate of drug-likeness (QED) is 0.145. The molecule has 246 valence electrons. The van der Waals surface area contributed by atoms with Crippen molar-refractivity contribution in [2.75, 3.05) is 20.2 Å². The van der Waals surface area contributed by atoms with Crippen molar-refractivity contribution in [3.63, 3.8) is 0 Å². The second-order valence-electron chi connectivity index (χ2n) is 12.7. The first-order valence-corrected chi connectivity index (χ1v) is 16.6. The van der Waals surface area contributed by atoms with Crippen molar-refractivity contribution >= 4 is 12.0 Å². The van der Waals surface area contributed by atoms with Crippen LogP contribution in [0.5, 0.6) is 0 Å². The van der Waals surface area contributed by atoms with Crippen LogP contribution in [0, 0.1) is 13.8 Å². The van der Waals surface area contributed by atoms with Gasteiger partial charge in [0.2, 0.25) is 0 Å². The van der Waals surface area contributed by atoms with Gasteiger partial charge in [-0.1, -0.05) is 54.6 Å². The summed E-state index contributed by atoms with van der Waals surface area (Å²) in [5.74, 6) is 1.56. The van der Waals surface area contributed by atoms with E-state index in [1.807, 2.05) is 47.6 Å². The molecule has 2 fully saturated rings. The van der Waals surface area contributed by atoms with Crippen LogP contribution in [0.4, 0.5) is 4.79 Å². The van der Waals surface area contributed by atoms with E-state index in [1.165, 1.54) is 30.2 Å². The van der Waals surface area contributed by atoms with Gasteiger partial charge in [0, 0.05) is 6.54 Å². The highest BCUT2D eigenvalue weighted by molar-refractivity contribution is 5.87. The number of aromatic amines is 2. The number of nitrogens with zero attached hydrogens (tertiary/aromatic N) is 3. The fourth-order valence-corrected chi connectivity index (χ4v) is 7.09. The number of nitrogens with one attached hydrogen (secondary N) is 4. The molecule has 5 aromatic rings. The molecule has 2 aromatic heterocycles. The van der Waals surface area contributed by atoms with Gasteiger partial charge in [-0.05, 0) is 97.2 Å². The van der Waals surface area contributed by atoms with E-state index >= 15 is 0 Å². The number of hydrogen-bond donors (Lipinski definition) is 4. The summed E-state index contributed by atoms with van der Waals surface area (Å²) in [6.07, 6.45) is 7.05. The van der Waals surface area contributed by atoms with E-state index in [4.69, 9.17) is 9.72 Å². The van der Waals surface area contributed by atoms with E-state index in [-0.39, 0.29) is 11.9 Å². The zero-order valence-corrected chi connectivity index (χ0v) is 27.5. The minimum atomic E-state index is -0.854. The van der Waals surface area contributed by atoms with E-state index in [1.54, 1.807) is 0 Å². The lowest BCUT2D eigenvalue weighted by molar-refractivity contribution is -0.134. The predicted molar refractivity (Wildman–Crippen MR) is 185 cm³/mol. The van der Waals surface area contributed by atoms with Crippen LogP contribution in [0.2, 0.25) is 0 Å². The van der Waals surface area contributed by atoms with Crippen molar-refractivity contribution in [3.8, 4) is 33.6 Å². The Morgan fingerprint density at radius 3 is 2.10 bits per heavy atom. The molecule has 10 heteroatoms. The minimum absolute atomic E-state index is 0.188. The molecule has 2 aliphatic heterocycles. The Hall–Kier alpha value is -5.22. The molecule has 2 amide bonds. The third kappa shape index (κ3) is 6.23. The topological polar surface area (TPSA) is 128 Å². The third-order valence-corrected chi connectivity index (χ3v) is 9.63. The van der Waals surface area contributed by atoms with Gasteiger partial charge in [-0.15, -0.1) is 0 Å². The van der Waals surface area contributed by atoms with Gasteiger partial charge in [0.15, 0.2) is 0 Å². The molecule has 4 N–H and O–H groups in total. The summed E-state index contributed by atoms with van der Waals surface area (Å²) in [5.41, 5.74) is 9.52. The number of alkyl carbamates (subject to hydrolysis) is 1. The number of rotatable bonds is 8. The molecule has 0 saturated carbocycles. The number of likely N-dealkylation sites (tertiary alicyclic amines) is 1. The van der Waals surface area contributed by atoms with Crippen LogP contribution < -0.4 is 10.6 Å². The molecule has 0 spiro atoms. The Morgan fingerprint density at radius 1 is 0.854 bits per heavy atom. The molecule has 2 aliphatic rings. The standard InChI is InChI=1S/C38H41N7O3/c1-23-19-26(31-21-40-35(42-31)30-11-7-17-39-30)13-15-28(23)29-16-14-27(20-24(29)2)32-22-41-36(43-32)33-12-8-18-45(33)37(46)34(44-38(47)48-3)25-9-5-4-6-10-25/h4-6,9-10,13-16,19-22,30,33-34,39H,7-8,11-12,17-18H2,1-3H3,(H,40,42)(H,41,43)(H,44,47)/t30-,33-,34+/m0/s1. The maximum Gasteiger partial charge on any atom is 0.407 e. The van der Waals surface area contributed by atoms with Crippen LogP contribution in [0.1, 0.15) is 72.1 Å². The summed E-state index contributed by atoms with van der Waals surface area (Å²) < 4.78 is 4.83. The van der Waals surface area contributed by atoms with Gasteiger partial charge in [-0.3, -0.25) is 4.79 Å². The maximum absolute atomic E-state index is 13.9. The molecule has 10 nitrogen and oxygen atoms in total. The average molecular weight is 644 g/mol. The number of carbonyl (C=O) groups is 2. The second kappa shape index (κ2) is 13.5. The van der Waals surface area contributed by atoms with Gasteiger partial charge in [0.1, 0.15) is 17.7 Å². The van der Waals surface area contributed by atoms with Crippen LogP contribution in [0.3, 0.4) is 0 Å². The van der Waals surface area contributed by atoms with Gasteiger partial charge in [0.25, 0.3) is 5.91 Å². The van der Waals surface area contributed by atoms with E-state index < -0.39 is 12.1 Å². The van der Waals surface area contributed by atoms with Gasteiger partial charge in [-0.25, -0.2) is 14.8 Å². The van der Waals surface area contributed by atoms with Crippen molar-refractivity contribution in [2.45, 2.75) is 57.7 Å². The Labute approximate surface area is 280 Å². The monoisotopic (exact) mass is 643 g/mol. The van der Waals surface area contributed by atoms with Crippen molar-refractivity contribution in [3.05, 3.63) is 107 Å². The normalized spacial score (nSPS) is 18.2. The van der Waals surface area contributed by atoms with Crippen LogP contribution in [0.15, 0.2) is 79.1 Å². The molecule has 4 heterocycles. The fraction of sp³-hybridized carbons (Fsp3) is 0.316. The summed E-state index contributed by atoms with van der Waals surface area (Å²) in [6, 6.07) is 21.5. The molecular weight excluding hydrogens is 602 g/mol. The Morgan fingerprint density at radius 2 is 1.50 bits per heavy atom. The molecule has 7 rings (SSSR count). The lowest BCUT2D eigenvalue weighted by Crippen LogP contribution is -2.42. The second-order valence-corrected chi connectivity index (χ2v) is 12.7. The Balaban J connectivity index is 1.08. The number of imidazole rings is 2. The van der Waals surface area contributed by atoms with E-state index in [0.717, 1.165) is 65.5 Å². The van der Waals surface area contributed by atoms with Gasteiger partial charge in [-0.2, -0.15) is 0 Å². The van der Waals surface area contributed by atoms with Crippen molar-refractivity contribution in [1.29, 1.82) is 0 Å². The molecule has 0 radical (unpaired) electrons. The number of amides is 2. The largest absolute Gasteiger partial charge is 0.453 e. The van der Waals surface area contributed by atoms with E-state index in [2.05, 4.69) is 75.8 Å². The third-order valence-electron chi connectivity index (χ3n) is 9.63. The highest BCUT2D eigenvalue weighted by Gasteiger charge is 2.37. The predicted octanol–water partition coefficient (Wildman–Crippen LogP) is 6.94. The summed E-state index contributed by atoms with van der Waals surface area (Å²) in [6.45, 7) is 5.91. The molecule has 3 aromatic carbocycles. The number of H-pyrrole nitrogens is 2. The summed E-state index contributed by atoms with van der Waals surface area (Å²) in [4.78, 5) is 44.3. The first kappa shape index (κ1) is 31.4. The number of methoxy groups -OCH3 is 1. The number of ether oxygens (including phenoxy) is 1. The molecule has 0 unspecified atom stereocenters. The minimum Gasteiger partial charge on any atom is -0.453 e. The van der Waals surface area contributed by atoms with Crippen LogP contribution in [-0.4, -0.2) is 57.0 Å². The van der Waals surface area contributed by atoms with Crippen molar-refractivity contribution in [2.24, 2.45) is 0 Å². The molecule has 2 saturated heterocycles. The molecule has 48 heavy (non-hydrogen) atoms. The van der Waals surface area contributed by atoms with Crippen LogP contribution in [0.25, 0.3) is 33.6 Å². The Kier molecular flexibility index (Phi) is 8.82. The fourth-order valence-electron chi connectivity index (χ4n) is 7.09. The number of benzene rings is 3. The zero-order chi connectivity index (χ0) is 33.2. The zero-order valence-electron chi connectivity index (χ0n) is 27.5. The SMILES string of the molecule is COC(=O)N[C@@H](C(=O)N1CCC[C@H]1c1ncc(-c2ccc(-c3ccc(-c4cnc([C@@H]5CCCN5)[nH]4)cc3C)c(C)c2)[nH]1)c1ccccc1. The molecular formula is C38H41N7O3. The van der Waals surface area contributed by atoms with E-state index in [9.17, 15) is 9.59 Å². The highest BCUT2D eigenvalue weighted by Crippen LogP contribution is 2.36.